The monoisotopic (exact) mass is 288 g/mol. The largest absolute Gasteiger partial charge is 0.493 e. The van der Waals surface area contributed by atoms with Gasteiger partial charge in [-0.1, -0.05) is 43.6 Å². The number of nitrogens with zero attached hydrogens (tertiary/aromatic N) is 2. The van der Waals surface area contributed by atoms with E-state index in [2.05, 4.69) is 24.9 Å². The Labute approximate surface area is 124 Å². The predicted molar refractivity (Wildman–Crippen MR) is 79.5 cm³/mol. The summed E-state index contributed by atoms with van der Waals surface area (Å²) in [6.07, 6.45) is 0.884. The molecule has 3 rings (SSSR count). The molecule has 0 aliphatic carbocycles. The molecule has 0 amide bonds. The number of benzene rings is 1. The first-order chi connectivity index (χ1) is 9.65. The zero-order valence-electron chi connectivity index (χ0n) is 11.6. The zero-order valence-corrected chi connectivity index (χ0v) is 12.4. The molecule has 0 bridgehead atoms. The van der Waals surface area contributed by atoms with Crippen LogP contribution in [0, 0.1) is 0 Å². The number of hydrogen-bond donors (Lipinski definition) is 0. The summed E-state index contributed by atoms with van der Waals surface area (Å²) in [6.45, 7) is 4.91. The highest BCUT2D eigenvalue weighted by Crippen LogP contribution is 2.37. The maximum Gasteiger partial charge on any atom is 0.138 e. The van der Waals surface area contributed by atoms with Crippen molar-refractivity contribution in [2.45, 2.75) is 32.1 Å². The number of para-hydroxylation sites is 1. The van der Waals surface area contributed by atoms with Crippen LogP contribution in [0.1, 0.15) is 49.2 Å². The molecule has 1 atom stereocenters. The van der Waals surface area contributed by atoms with Crippen LogP contribution in [-0.2, 0) is 0 Å². The fraction of sp³-hybridized carbons (Fsp3) is 0.375. The molecule has 2 aromatic rings. The third-order valence-corrected chi connectivity index (χ3v) is 3.79. The molecule has 1 unspecified atom stereocenters. The molecule has 0 saturated heterocycles. The number of hydrogen-bond acceptors (Lipinski definition) is 3. The van der Waals surface area contributed by atoms with Crippen molar-refractivity contribution in [3.8, 4) is 5.75 Å². The molecule has 20 heavy (non-hydrogen) atoms. The lowest BCUT2D eigenvalue weighted by Crippen LogP contribution is -2.18. The minimum atomic E-state index is 0.163. The van der Waals surface area contributed by atoms with Gasteiger partial charge in [-0.25, -0.2) is 9.97 Å². The molecule has 1 aliphatic rings. The van der Waals surface area contributed by atoms with Gasteiger partial charge in [-0.3, -0.25) is 0 Å². The maximum atomic E-state index is 6.16. The van der Waals surface area contributed by atoms with E-state index in [1.54, 1.807) is 0 Å². The molecule has 0 saturated carbocycles. The first kappa shape index (κ1) is 13.4. The van der Waals surface area contributed by atoms with Gasteiger partial charge in [0.25, 0.3) is 0 Å². The summed E-state index contributed by atoms with van der Waals surface area (Å²) in [7, 11) is 0. The van der Waals surface area contributed by atoms with E-state index in [1.165, 1.54) is 0 Å². The average molecular weight is 289 g/mol. The Morgan fingerprint density at radius 1 is 1.25 bits per heavy atom. The van der Waals surface area contributed by atoms with Crippen molar-refractivity contribution in [2.24, 2.45) is 0 Å². The van der Waals surface area contributed by atoms with Crippen molar-refractivity contribution in [2.75, 3.05) is 6.61 Å². The highest BCUT2D eigenvalue weighted by molar-refractivity contribution is 6.29. The van der Waals surface area contributed by atoms with E-state index in [1.807, 2.05) is 24.3 Å². The Bertz CT molecular complexity index is 628. The van der Waals surface area contributed by atoms with Crippen molar-refractivity contribution in [1.82, 2.24) is 9.97 Å². The third-order valence-electron chi connectivity index (χ3n) is 3.59. The second-order valence-corrected chi connectivity index (χ2v) is 5.74. The number of fused-ring (bicyclic) bond motifs is 1. The highest BCUT2D eigenvalue weighted by Gasteiger charge is 2.25. The van der Waals surface area contributed by atoms with Gasteiger partial charge in [-0.05, 0) is 24.5 Å². The van der Waals surface area contributed by atoms with Crippen LogP contribution in [0.25, 0.3) is 0 Å². The number of halogens is 1. The van der Waals surface area contributed by atoms with Gasteiger partial charge in [0.15, 0.2) is 0 Å². The van der Waals surface area contributed by atoms with Crippen LogP contribution in [-0.4, -0.2) is 16.6 Å². The normalized spacial score (nSPS) is 17.7. The Hall–Kier alpha value is -1.61. The summed E-state index contributed by atoms with van der Waals surface area (Å²) >= 11 is 6.16. The molecule has 0 spiro atoms. The summed E-state index contributed by atoms with van der Waals surface area (Å²) in [4.78, 5) is 9.14. The van der Waals surface area contributed by atoms with Gasteiger partial charge in [0.1, 0.15) is 16.7 Å². The lowest BCUT2D eigenvalue weighted by molar-refractivity contribution is 0.274. The first-order valence-corrected chi connectivity index (χ1v) is 7.29. The fourth-order valence-electron chi connectivity index (χ4n) is 2.52. The first-order valence-electron chi connectivity index (χ1n) is 6.91. The lowest BCUT2D eigenvalue weighted by atomic mass is 9.92. The highest BCUT2D eigenvalue weighted by atomic mass is 35.5. The van der Waals surface area contributed by atoms with Crippen molar-refractivity contribution in [3.05, 3.63) is 52.6 Å². The van der Waals surface area contributed by atoms with E-state index in [0.29, 0.717) is 17.7 Å². The van der Waals surface area contributed by atoms with E-state index in [4.69, 9.17) is 21.3 Å². The van der Waals surface area contributed by atoms with Crippen molar-refractivity contribution >= 4 is 11.6 Å². The van der Waals surface area contributed by atoms with Crippen LogP contribution in [0.4, 0.5) is 0 Å². The molecular weight excluding hydrogens is 272 g/mol. The van der Waals surface area contributed by atoms with Gasteiger partial charge >= 0.3 is 0 Å². The smallest absolute Gasteiger partial charge is 0.138 e. The minimum absolute atomic E-state index is 0.163. The fourth-order valence-corrected chi connectivity index (χ4v) is 2.71. The molecule has 0 radical (unpaired) electrons. The second kappa shape index (κ2) is 5.41. The van der Waals surface area contributed by atoms with Gasteiger partial charge in [0.05, 0.1) is 12.5 Å². The van der Waals surface area contributed by atoms with Crippen molar-refractivity contribution in [1.29, 1.82) is 0 Å². The molecule has 1 aromatic heterocycles. The van der Waals surface area contributed by atoms with Crippen LogP contribution in [0.3, 0.4) is 0 Å². The van der Waals surface area contributed by atoms with Gasteiger partial charge in [0.2, 0.25) is 0 Å². The van der Waals surface area contributed by atoms with Crippen molar-refractivity contribution < 1.29 is 4.74 Å². The Morgan fingerprint density at radius 3 is 2.85 bits per heavy atom. The van der Waals surface area contributed by atoms with Crippen LogP contribution in [0.15, 0.2) is 30.3 Å². The average Bonchev–Trinajstić information content (AvgIpc) is 2.46. The van der Waals surface area contributed by atoms with Crippen LogP contribution < -0.4 is 4.74 Å². The maximum absolute atomic E-state index is 6.16. The number of ether oxygens (including phenoxy) is 1. The van der Waals surface area contributed by atoms with Gasteiger partial charge in [-0.15, -0.1) is 0 Å². The topological polar surface area (TPSA) is 35.0 Å². The van der Waals surface area contributed by atoms with E-state index in [9.17, 15) is 0 Å². The number of aromatic nitrogens is 2. The minimum Gasteiger partial charge on any atom is -0.493 e. The molecule has 104 valence electrons. The SMILES string of the molecule is CC(C)c1cc(Cl)nc(C2CCOc3ccccc32)n1. The zero-order chi connectivity index (χ0) is 14.1. The summed E-state index contributed by atoms with van der Waals surface area (Å²) in [6, 6.07) is 9.93. The lowest BCUT2D eigenvalue weighted by Gasteiger charge is -2.25. The molecule has 1 aromatic carbocycles. The van der Waals surface area contributed by atoms with Gasteiger partial charge < -0.3 is 4.74 Å². The summed E-state index contributed by atoms with van der Waals surface area (Å²) in [5.74, 6) is 2.23. The summed E-state index contributed by atoms with van der Waals surface area (Å²) < 4.78 is 5.69. The van der Waals surface area contributed by atoms with E-state index < -0.39 is 0 Å². The second-order valence-electron chi connectivity index (χ2n) is 5.36. The molecule has 0 fully saturated rings. The van der Waals surface area contributed by atoms with Crippen molar-refractivity contribution in [3.63, 3.8) is 0 Å². The Morgan fingerprint density at radius 2 is 2.05 bits per heavy atom. The molecular formula is C16H17ClN2O. The standard InChI is InChI=1S/C16H17ClN2O/c1-10(2)13-9-15(17)19-16(18-13)12-7-8-20-14-6-4-3-5-11(12)14/h3-6,9-10,12H,7-8H2,1-2H3. The Kier molecular flexibility index (Phi) is 3.62. The molecule has 2 heterocycles. The summed E-state index contributed by atoms with van der Waals surface area (Å²) in [5.41, 5.74) is 2.14. The molecule has 4 heteroatoms. The van der Waals surface area contributed by atoms with E-state index in [-0.39, 0.29) is 5.92 Å². The van der Waals surface area contributed by atoms with Crippen LogP contribution >= 0.6 is 11.6 Å². The van der Waals surface area contributed by atoms with Gasteiger partial charge in [-0.2, -0.15) is 0 Å². The van der Waals surface area contributed by atoms with Crippen LogP contribution in [0.5, 0.6) is 5.75 Å². The van der Waals surface area contributed by atoms with E-state index >= 15 is 0 Å². The Balaban J connectivity index is 2.06. The molecule has 1 aliphatic heterocycles. The predicted octanol–water partition coefficient (Wildman–Crippen LogP) is 4.17. The molecule has 0 N–H and O–H groups in total. The van der Waals surface area contributed by atoms with Gasteiger partial charge in [0, 0.05) is 11.3 Å². The quantitative estimate of drug-likeness (QED) is 0.778. The van der Waals surface area contributed by atoms with E-state index in [0.717, 1.165) is 29.3 Å². The third kappa shape index (κ3) is 2.50. The number of rotatable bonds is 2. The summed E-state index contributed by atoms with van der Waals surface area (Å²) in [5, 5.41) is 0.516. The molecule has 3 nitrogen and oxygen atoms in total. The van der Waals surface area contributed by atoms with Crippen LogP contribution in [0.2, 0.25) is 5.15 Å².